The second-order valence-corrected chi connectivity index (χ2v) is 4.48. The highest BCUT2D eigenvalue weighted by atomic mass is 35.5. The van der Waals surface area contributed by atoms with Crippen molar-refractivity contribution in [1.82, 2.24) is 0 Å². The molecule has 4 nitrogen and oxygen atoms in total. The van der Waals surface area contributed by atoms with Gasteiger partial charge in [0.1, 0.15) is 5.85 Å². The van der Waals surface area contributed by atoms with Crippen LogP contribution in [0.5, 0.6) is 0 Å². The Labute approximate surface area is 66.3 Å². The Balaban J connectivity index is 0. The van der Waals surface area contributed by atoms with Gasteiger partial charge in [-0.3, -0.25) is 4.57 Å². The lowest BCUT2D eigenvalue weighted by molar-refractivity contribution is 0.224. The van der Waals surface area contributed by atoms with Crippen LogP contribution >= 0.6 is 19.8 Å². The summed E-state index contributed by atoms with van der Waals surface area (Å²) in [6.07, 6.45) is 0.185. The normalized spacial score (nSPS) is 18.8. The van der Waals surface area contributed by atoms with Crippen molar-refractivity contribution in [2.75, 3.05) is 13.2 Å². The number of hydrogen-bond acceptors (Lipinski definition) is 3. The van der Waals surface area contributed by atoms with Gasteiger partial charge in [0.2, 0.25) is 7.37 Å². The molecule has 64 valence electrons. The molecule has 0 amide bonds. The topological polar surface area (TPSA) is 83.5 Å². The summed E-state index contributed by atoms with van der Waals surface area (Å²) in [7, 11) is -3.30. The van der Waals surface area contributed by atoms with Crippen LogP contribution in [0.3, 0.4) is 0 Å². The lowest BCUT2D eigenvalue weighted by atomic mass is 10.5. The van der Waals surface area contributed by atoms with Crippen LogP contribution in [0, 0.1) is 0 Å². The first-order chi connectivity index (χ1) is 3.98. The minimum Gasteiger partial charge on any atom is -0.383 e. The number of halogens is 1. The maximum absolute atomic E-state index is 10.6. The molecular weight excluding hydrogens is 176 g/mol. The van der Waals surface area contributed by atoms with Crippen LogP contribution in [0.1, 0.15) is 6.42 Å². The summed E-state index contributed by atoms with van der Waals surface area (Å²) >= 11 is 0. The van der Waals surface area contributed by atoms with Gasteiger partial charge in [-0.05, 0) is 13.0 Å². The molecule has 0 rings (SSSR count). The molecule has 0 aromatic rings. The number of hydrogen-bond donors (Lipinski definition) is 3. The molecule has 0 aromatic heterocycles. The van der Waals surface area contributed by atoms with Crippen LogP contribution in [0.4, 0.5) is 0 Å². The van der Waals surface area contributed by atoms with Gasteiger partial charge in [-0.25, -0.2) is 0 Å². The summed E-state index contributed by atoms with van der Waals surface area (Å²) in [5.74, 6) is -1.15. The molecule has 10 heavy (non-hydrogen) atoms. The third-order valence-electron chi connectivity index (χ3n) is 0.978. The van der Waals surface area contributed by atoms with Crippen molar-refractivity contribution >= 4 is 19.8 Å². The van der Waals surface area contributed by atoms with Crippen LogP contribution in [0.2, 0.25) is 0 Å². The van der Waals surface area contributed by atoms with Crippen LogP contribution in [0.15, 0.2) is 0 Å². The zero-order valence-corrected chi connectivity index (χ0v) is 7.44. The second-order valence-electron chi connectivity index (χ2n) is 2.00. The zero-order chi connectivity index (χ0) is 7.49. The maximum Gasteiger partial charge on any atom is 0.225 e. The Hall–Kier alpha value is 0.400. The maximum atomic E-state index is 10.6. The highest BCUT2D eigenvalue weighted by molar-refractivity contribution is 7.57. The first-order valence-electron chi connectivity index (χ1n) is 2.66. The first kappa shape index (κ1) is 13.0. The minimum absolute atomic E-state index is 0. The van der Waals surface area contributed by atoms with E-state index in [0.717, 1.165) is 6.66 Å². The van der Waals surface area contributed by atoms with E-state index in [9.17, 15) is 4.57 Å². The Morgan fingerprint density at radius 2 is 2.10 bits per heavy atom. The molecule has 0 aliphatic heterocycles. The van der Waals surface area contributed by atoms with Crippen molar-refractivity contribution in [3.63, 3.8) is 0 Å². The number of aliphatic hydroxyl groups is 1. The van der Waals surface area contributed by atoms with Gasteiger partial charge in [0.25, 0.3) is 0 Å². The fourth-order valence-electron chi connectivity index (χ4n) is 0.389. The summed E-state index contributed by atoms with van der Waals surface area (Å²) in [5, 5.41) is 8.79. The van der Waals surface area contributed by atoms with Gasteiger partial charge in [0.15, 0.2) is 0 Å². The lowest BCUT2D eigenvalue weighted by Crippen LogP contribution is -2.12. The third-order valence-corrected chi connectivity index (χ3v) is 2.34. The van der Waals surface area contributed by atoms with Crippen LogP contribution in [-0.4, -0.2) is 29.1 Å². The van der Waals surface area contributed by atoms with Gasteiger partial charge < -0.3 is 15.7 Å². The molecule has 2 atom stereocenters. The van der Waals surface area contributed by atoms with E-state index in [1.807, 2.05) is 0 Å². The van der Waals surface area contributed by atoms with E-state index in [-0.39, 0.29) is 25.4 Å². The van der Waals surface area contributed by atoms with Crippen molar-refractivity contribution in [3.05, 3.63) is 0 Å². The number of nitrogens with two attached hydrogens (primary N) is 1. The van der Waals surface area contributed by atoms with Crippen LogP contribution < -0.4 is 5.73 Å². The summed E-state index contributed by atoms with van der Waals surface area (Å²) in [4.78, 5) is 8.67. The third kappa shape index (κ3) is 5.21. The predicted molar refractivity (Wildman–Crippen MR) is 42.7 cm³/mol. The Kier molecular flexibility index (Phi) is 6.65. The molecule has 0 saturated carbocycles. The molecule has 2 unspecified atom stereocenters. The number of aliphatic hydroxyl groups excluding tert-OH is 1. The molecule has 0 aliphatic carbocycles. The second kappa shape index (κ2) is 5.10. The molecular formula is C4H13ClNO3P. The average molecular weight is 190 g/mol. The van der Waals surface area contributed by atoms with E-state index >= 15 is 0 Å². The van der Waals surface area contributed by atoms with Gasteiger partial charge in [0.05, 0.1) is 0 Å². The van der Waals surface area contributed by atoms with Crippen molar-refractivity contribution < 1.29 is 14.6 Å². The smallest absolute Gasteiger partial charge is 0.225 e. The summed E-state index contributed by atoms with van der Waals surface area (Å²) in [6, 6.07) is 0. The van der Waals surface area contributed by atoms with Crippen molar-refractivity contribution in [1.29, 1.82) is 0 Å². The van der Waals surface area contributed by atoms with E-state index in [4.69, 9.17) is 15.7 Å². The Bertz CT molecular complexity index is 126. The highest BCUT2D eigenvalue weighted by Crippen LogP contribution is 2.41. The van der Waals surface area contributed by atoms with Crippen molar-refractivity contribution in [2.24, 2.45) is 5.73 Å². The summed E-state index contributed by atoms with van der Waals surface area (Å²) < 4.78 is 10.6. The molecule has 0 fully saturated rings. The fraction of sp³-hybridized carbons (Fsp3) is 1.00. The quantitative estimate of drug-likeness (QED) is 0.545. The van der Waals surface area contributed by atoms with Gasteiger partial charge in [-0.15, -0.1) is 12.4 Å². The first-order valence-corrected chi connectivity index (χ1v) is 4.84. The van der Waals surface area contributed by atoms with E-state index in [2.05, 4.69) is 0 Å². The molecule has 0 spiro atoms. The molecule has 0 bridgehead atoms. The van der Waals surface area contributed by atoms with E-state index in [1.54, 1.807) is 0 Å². The average Bonchev–Trinajstić information content (AvgIpc) is 1.64. The monoisotopic (exact) mass is 189 g/mol. The lowest BCUT2D eigenvalue weighted by Gasteiger charge is -2.11. The van der Waals surface area contributed by atoms with Crippen molar-refractivity contribution in [3.8, 4) is 0 Å². The minimum atomic E-state index is -3.30. The highest BCUT2D eigenvalue weighted by Gasteiger charge is 2.21. The Morgan fingerprint density at radius 3 is 2.20 bits per heavy atom. The van der Waals surface area contributed by atoms with Gasteiger partial charge >= 0.3 is 0 Å². The molecule has 4 N–H and O–H groups in total. The number of rotatable bonds is 3. The molecule has 0 saturated heterocycles. The SMILES string of the molecule is CP(=O)(O)C(O)CCN.Cl. The van der Waals surface area contributed by atoms with Gasteiger partial charge in [-0.1, -0.05) is 0 Å². The van der Waals surface area contributed by atoms with Crippen LogP contribution in [0.25, 0.3) is 0 Å². The van der Waals surface area contributed by atoms with E-state index in [0.29, 0.717) is 0 Å². The Morgan fingerprint density at radius 1 is 1.70 bits per heavy atom. The molecule has 0 radical (unpaired) electrons. The van der Waals surface area contributed by atoms with Gasteiger partial charge in [-0.2, -0.15) is 0 Å². The molecule has 6 heteroatoms. The summed E-state index contributed by atoms with van der Waals surface area (Å²) in [6.45, 7) is 1.35. The molecule has 0 heterocycles. The van der Waals surface area contributed by atoms with Crippen molar-refractivity contribution in [2.45, 2.75) is 12.3 Å². The largest absolute Gasteiger partial charge is 0.383 e. The standard InChI is InChI=1S/C4H12NO3P.ClH/c1-9(7,8)4(6)2-3-5;/h4,6H,2-3,5H2,1H3,(H,7,8);1H. The molecule has 0 aliphatic rings. The van der Waals surface area contributed by atoms with Gasteiger partial charge in [0, 0.05) is 6.66 Å². The van der Waals surface area contributed by atoms with E-state index < -0.39 is 13.2 Å². The fourth-order valence-corrected chi connectivity index (χ4v) is 1.02. The molecule has 0 aromatic carbocycles. The van der Waals surface area contributed by atoms with Crippen LogP contribution in [-0.2, 0) is 4.57 Å². The predicted octanol–water partition coefficient (Wildman–Crippen LogP) is -0.0244. The summed E-state index contributed by atoms with van der Waals surface area (Å²) in [5.41, 5.74) is 5.03. The zero-order valence-electron chi connectivity index (χ0n) is 5.73. The van der Waals surface area contributed by atoms with E-state index in [1.165, 1.54) is 0 Å².